The zero-order valence-corrected chi connectivity index (χ0v) is 18.2. The van der Waals surface area contributed by atoms with Gasteiger partial charge in [-0.2, -0.15) is 0 Å². The summed E-state index contributed by atoms with van der Waals surface area (Å²) in [7, 11) is 0. The molecule has 0 radical (unpaired) electrons. The third-order valence-corrected chi connectivity index (χ3v) is 7.55. The molecule has 2 nitrogen and oxygen atoms in total. The summed E-state index contributed by atoms with van der Waals surface area (Å²) < 4.78 is 0. The molecule has 5 rings (SSSR count). The minimum Gasteiger partial charge on any atom is -0.385 e. The molecule has 2 fully saturated rings. The van der Waals surface area contributed by atoms with Crippen molar-refractivity contribution in [2.45, 2.75) is 30.8 Å². The van der Waals surface area contributed by atoms with Crippen LogP contribution in [0.2, 0.25) is 0 Å². The van der Waals surface area contributed by atoms with E-state index in [4.69, 9.17) is 0 Å². The van der Waals surface area contributed by atoms with Gasteiger partial charge in [0, 0.05) is 17.9 Å². The van der Waals surface area contributed by atoms with E-state index in [1.807, 2.05) is 0 Å². The number of halogens is 1. The van der Waals surface area contributed by atoms with Crippen LogP contribution in [0.3, 0.4) is 0 Å². The van der Waals surface area contributed by atoms with Crippen LogP contribution in [0.5, 0.6) is 0 Å². The van der Waals surface area contributed by atoms with Gasteiger partial charge in [-0.05, 0) is 54.5 Å². The van der Waals surface area contributed by atoms with Gasteiger partial charge in [-0.25, -0.2) is 0 Å². The second kappa shape index (κ2) is 8.19. The molecule has 1 saturated carbocycles. The van der Waals surface area contributed by atoms with E-state index in [0.29, 0.717) is 5.92 Å². The lowest BCUT2D eigenvalue weighted by Crippen LogP contribution is -2.53. The lowest BCUT2D eigenvalue weighted by atomic mass is 9.52. The standard InChI is InChI=1S/C27H29NO.ClH/c1-20-10-8-9-15-23(20)27(29)17-16-26(21-11-4-2-5-12-21,22-13-6-3-7-14-22)24-18-28-19-25(24)27;/h2-15,24-25,28-29H,16-19H2,1H3;1H/t24-,25+,27+;/m0./s1. The zero-order valence-electron chi connectivity index (χ0n) is 17.4. The Morgan fingerprint density at radius 1 is 0.733 bits per heavy atom. The van der Waals surface area contributed by atoms with E-state index in [2.05, 4.69) is 97.2 Å². The average molecular weight is 420 g/mol. The van der Waals surface area contributed by atoms with Gasteiger partial charge in [0.2, 0.25) is 0 Å². The van der Waals surface area contributed by atoms with Crippen molar-refractivity contribution in [2.24, 2.45) is 11.8 Å². The minimum absolute atomic E-state index is 0. The number of benzene rings is 3. The van der Waals surface area contributed by atoms with Crippen molar-refractivity contribution in [2.75, 3.05) is 13.1 Å². The molecular weight excluding hydrogens is 390 g/mol. The number of aryl methyl sites for hydroxylation is 1. The second-order valence-corrected chi connectivity index (χ2v) is 8.81. The summed E-state index contributed by atoms with van der Waals surface area (Å²) >= 11 is 0. The lowest BCUT2D eigenvalue weighted by Gasteiger charge is -2.53. The zero-order chi connectivity index (χ0) is 19.9. The van der Waals surface area contributed by atoms with E-state index in [1.54, 1.807) is 0 Å². The van der Waals surface area contributed by atoms with Gasteiger partial charge in [-0.1, -0.05) is 84.9 Å². The summed E-state index contributed by atoms with van der Waals surface area (Å²) in [4.78, 5) is 0. The molecule has 3 aromatic rings. The maximum absolute atomic E-state index is 12.1. The Kier molecular flexibility index (Phi) is 5.76. The lowest BCUT2D eigenvalue weighted by molar-refractivity contribution is -0.0838. The average Bonchev–Trinajstić information content (AvgIpc) is 3.28. The van der Waals surface area contributed by atoms with E-state index >= 15 is 0 Å². The van der Waals surface area contributed by atoms with Crippen molar-refractivity contribution in [3.8, 4) is 0 Å². The number of nitrogens with one attached hydrogen (secondary N) is 1. The first-order valence-corrected chi connectivity index (χ1v) is 10.8. The highest BCUT2D eigenvalue weighted by Crippen LogP contribution is 2.58. The van der Waals surface area contributed by atoms with E-state index in [9.17, 15) is 5.11 Å². The Labute approximate surface area is 185 Å². The molecule has 0 unspecified atom stereocenters. The third kappa shape index (κ3) is 3.10. The van der Waals surface area contributed by atoms with Crippen LogP contribution in [0.25, 0.3) is 0 Å². The molecule has 3 aromatic carbocycles. The Morgan fingerprint density at radius 2 is 1.27 bits per heavy atom. The predicted molar refractivity (Wildman–Crippen MR) is 125 cm³/mol. The molecule has 2 aliphatic rings. The second-order valence-electron chi connectivity index (χ2n) is 8.81. The number of rotatable bonds is 3. The summed E-state index contributed by atoms with van der Waals surface area (Å²) in [5.74, 6) is 0.517. The number of hydrogen-bond donors (Lipinski definition) is 2. The van der Waals surface area contributed by atoms with Crippen LogP contribution in [0.15, 0.2) is 84.9 Å². The Balaban J connectivity index is 0.00000218. The summed E-state index contributed by atoms with van der Waals surface area (Å²) in [5.41, 5.74) is 4.17. The quantitative estimate of drug-likeness (QED) is 0.610. The van der Waals surface area contributed by atoms with E-state index in [0.717, 1.165) is 31.5 Å². The molecule has 156 valence electrons. The minimum atomic E-state index is -0.785. The van der Waals surface area contributed by atoms with Crippen molar-refractivity contribution < 1.29 is 5.11 Å². The van der Waals surface area contributed by atoms with Gasteiger partial charge in [0.1, 0.15) is 0 Å². The fourth-order valence-electron chi connectivity index (χ4n) is 6.20. The van der Waals surface area contributed by atoms with Crippen molar-refractivity contribution in [1.29, 1.82) is 0 Å². The van der Waals surface area contributed by atoms with Crippen LogP contribution in [-0.2, 0) is 11.0 Å². The van der Waals surface area contributed by atoms with Crippen LogP contribution in [-0.4, -0.2) is 18.2 Å². The molecule has 0 amide bonds. The maximum Gasteiger partial charge on any atom is 0.0943 e. The summed E-state index contributed by atoms with van der Waals surface area (Å²) in [5, 5.41) is 15.7. The summed E-state index contributed by atoms with van der Waals surface area (Å²) in [6.07, 6.45) is 1.71. The van der Waals surface area contributed by atoms with Crippen molar-refractivity contribution in [1.82, 2.24) is 5.32 Å². The molecule has 1 aliphatic carbocycles. The van der Waals surface area contributed by atoms with Crippen LogP contribution >= 0.6 is 12.4 Å². The van der Waals surface area contributed by atoms with E-state index in [-0.39, 0.29) is 23.7 Å². The fraction of sp³-hybridized carbons (Fsp3) is 0.333. The molecule has 1 heterocycles. The molecule has 0 aromatic heterocycles. The van der Waals surface area contributed by atoms with Gasteiger partial charge in [0.05, 0.1) is 5.60 Å². The highest BCUT2D eigenvalue weighted by atomic mass is 35.5. The molecular formula is C27H30ClNO. The Bertz CT molecular complexity index is 951. The smallest absolute Gasteiger partial charge is 0.0943 e. The van der Waals surface area contributed by atoms with Crippen molar-refractivity contribution >= 4 is 12.4 Å². The van der Waals surface area contributed by atoms with Gasteiger partial charge >= 0.3 is 0 Å². The van der Waals surface area contributed by atoms with Gasteiger partial charge in [0.15, 0.2) is 0 Å². The van der Waals surface area contributed by atoms with E-state index in [1.165, 1.54) is 16.7 Å². The van der Waals surface area contributed by atoms with E-state index < -0.39 is 5.60 Å². The molecule has 0 spiro atoms. The van der Waals surface area contributed by atoms with Crippen LogP contribution in [0, 0.1) is 18.8 Å². The third-order valence-electron chi connectivity index (χ3n) is 7.55. The van der Waals surface area contributed by atoms with Gasteiger partial charge in [-0.15, -0.1) is 12.4 Å². The molecule has 3 atom stereocenters. The normalized spacial score (nSPS) is 27.1. The topological polar surface area (TPSA) is 32.3 Å². The van der Waals surface area contributed by atoms with Crippen molar-refractivity contribution in [3.05, 3.63) is 107 Å². The largest absolute Gasteiger partial charge is 0.385 e. The Morgan fingerprint density at radius 3 is 1.87 bits per heavy atom. The number of fused-ring (bicyclic) bond motifs is 1. The number of hydrogen-bond acceptors (Lipinski definition) is 2. The van der Waals surface area contributed by atoms with Crippen LogP contribution in [0.4, 0.5) is 0 Å². The first kappa shape index (κ1) is 21.1. The number of aliphatic hydroxyl groups is 1. The molecule has 1 aliphatic heterocycles. The molecule has 30 heavy (non-hydrogen) atoms. The first-order chi connectivity index (χ1) is 14.2. The monoisotopic (exact) mass is 419 g/mol. The highest BCUT2D eigenvalue weighted by Gasteiger charge is 2.58. The first-order valence-electron chi connectivity index (χ1n) is 10.8. The van der Waals surface area contributed by atoms with Crippen LogP contribution in [0.1, 0.15) is 35.1 Å². The van der Waals surface area contributed by atoms with Gasteiger partial charge in [-0.3, -0.25) is 0 Å². The van der Waals surface area contributed by atoms with Crippen LogP contribution < -0.4 is 5.32 Å². The highest BCUT2D eigenvalue weighted by molar-refractivity contribution is 5.85. The predicted octanol–water partition coefficient (Wildman–Crippen LogP) is 5.22. The molecule has 0 bridgehead atoms. The fourth-order valence-corrected chi connectivity index (χ4v) is 6.20. The maximum atomic E-state index is 12.1. The van der Waals surface area contributed by atoms with Gasteiger partial charge in [0.25, 0.3) is 0 Å². The van der Waals surface area contributed by atoms with Crippen molar-refractivity contribution in [3.63, 3.8) is 0 Å². The summed E-state index contributed by atoms with van der Waals surface area (Å²) in [6.45, 7) is 3.92. The molecule has 3 heteroatoms. The Hall–Kier alpha value is -2.13. The summed E-state index contributed by atoms with van der Waals surface area (Å²) in [6, 6.07) is 30.3. The molecule has 1 saturated heterocycles. The molecule has 2 N–H and O–H groups in total. The van der Waals surface area contributed by atoms with Gasteiger partial charge < -0.3 is 10.4 Å². The SMILES string of the molecule is Cc1ccccc1[C@]1(O)CCC(c2ccccc2)(c2ccccc2)[C@H]2CNC[C@H]21.Cl.